The van der Waals surface area contributed by atoms with Crippen LogP contribution in [0.5, 0.6) is 0 Å². The zero-order valence-corrected chi connectivity index (χ0v) is 15.3. The number of nitrogens with one attached hydrogen (secondary N) is 1. The van der Waals surface area contributed by atoms with Gasteiger partial charge in [-0.2, -0.15) is 0 Å². The average molecular weight is 441 g/mol. The van der Waals surface area contributed by atoms with Crippen LogP contribution in [0.25, 0.3) is 0 Å². The van der Waals surface area contributed by atoms with E-state index in [9.17, 15) is 9.59 Å². The van der Waals surface area contributed by atoms with E-state index in [2.05, 4.69) is 27.9 Å². The first-order valence-corrected chi connectivity index (χ1v) is 8.57. The number of benzene rings is 2. The maximum absolute atomic E-state index is 12.9. The summed E-state index contributed by atoms with van der Waals surface area (Å²) in [4.78, 5) is 26.7. The third-order valence-electron chi connectivity index (χ3n) is 3.88. The zero-order valence-electron chi connectivity index (χ0n) is 12.3. The molecular formula is C17H14ClIN2O2. The predicted molar refractivity (Wildman–Crippen MR) is 98.7 cm³/mol. The Kier molecular flexibility index (Phi) is 4.59. The summed E-state index contributed by atoms with van der Waals surface area (Å²) in [6, 6.07) is 12.5. The lowest BCUT2D eigenvalue weighted by Gasteiger charge is -2.27. The number of amides is 2. The molecule has 2 aromatic rings. The number of carbonyl (C=O) groups excluding carboxylic acids is 2. The van der Waals surface area contributed by atoms with Crippen molar-refractivity contribution < 1.29 is 9.59 Å². The Morgan fingerprint density at radius 3 is 2.57 bits per heavy atom. The standard InChI is InChI=1S/C17H14ClIN2O2/c1-10(11-2-4-12(18)5-3-11)21-9-16(22)20-15-7-6-13(19)8-14(15)17(21)23/h2-8,10H,9H2,1H3,(H,20,22)/t10-/m1/s1. The van der Waals surface area contributed by atoms with Crippen molar-refractivity contribution >= 4 is 51.7 Å². The average Bonchev–Trinajstić information content (AvgIpc) is 2.65. The molecule has 1 atom stereocenters. The van der Waals surface area contributed by atoms with Crippen molar-refractivity contribution in [1.29, 1.82) is 0 Å². The second-order valence-electron chi connectivity index (χ2n) is 5.40. The van der Waals surface area contributed by atoms with Crippen molar-refractivity contribution in [1.82, 2.24) is 4.90 Å². The van der Waals surface area contributed by atoms with E-state index >= 15 is 0 Å². The van der Waals surface area contributed by atoms with Gasteiger partial charge in [-0.15, -0.1) is 0 Å². The number of fused-ring (bicyclic) bond motifs is 1. The van der Waals surface area contributed by atoms with Gasteiger partial charge in [-0.1, -0.05) is 23.7 Å². The molecule has 0 saturated heterocycles. The molecule has 0 fully saturated rings. The Morgan fingerprint density at radius 1 is 1.17 bits per heavy atom. The fraction of sp³-hybridized carbons (Fsp3) is 0.176. The summed E-state index contributed by atoms with van der Waals surface area (Å²) < 4.78 is 0.949. The molecule has 1 heterocycles. The van der Waals surface area contributed by atoms with Crippen molar-refractivity contribution in [3.8, 4) is 0 Å². The van der Waals surface area contributed by atoms with Crippen molar-refractivity contribution in [2.75, 3.05) is 11.9 Å². The lowest BCUT2D eigenvalue weighted by molar-refractivity contribution is -0.117. The summed E-state index contributed by atoms with van der Waals surface area (Å²) >= 11 is 8.07. The molecule has 2 amide bonds. The molecule has 1 aliphatic rings. The van der Waals surface area contributed by atoms with Crippen LogP contribution in [-0.4, -0.2) is 23.3 Å². The molecular weight excluding hydrogens is 427 g/mol. The normalized spacial score (nSPS) is 15.7. The Bertz CT molecular complexity index is 777. The molecule has 0 radical (unpaired) electrons. The molecule has 0 aliphatic carbocycles. The molecule has 4 nitrogen and oxygen atoms in total. The van der Waals surface area contributed by atoms with Gasteiger partial charge in [0, 0.05) is 8.59 Å². The summed E-state index contributed by atoms with van der Waals surface area (Å²) in [7, 11) is 0. The number of hydrogen-bond donors (Lipinski definition) is 1. The van der Waals surface area contributed by atoms with Gasteiger partial charge in [0.2, 0.25) is 5.91 Å². The van der Waals surface area contributed by atoms with Gasteiger partial charge in [0.05, 0.1) is 17.3 Å². The van der Waals surface area contributed by atoms with Crippen LogP contribution in [0.2, 0.25) is 5.02 Å². The molecule has 118 valence electrons. The first-order chi connectivity index (χ1) is 11.0. The summed E-state index contributed by atoms with van der Waals surface area (Å²) in [6.07, 6.45) is 0. The van der Waals surface area contributed by atoms with Crippen molar-refractivity contribution in [3.05, 3.63) is 62.2 Å². The Morgan fingerprint density at radius 2 is 1.87 bits per heavy atom. The summed E-state index contributed by atoms with van der Waals surface area (Å²) in [6.45, 7) is 1.93. The van der Waals surface area contributed by atoms with E-state index in [1.54, 1.807) is 29.2 Å². The van der Waals surface area contributed by atoms with E-state index in [0.29, 0.717) is 16.3 Å². The van der Waals surface area contributed by atoms with Crippen LogP contribution in [0.15, 0.2) is 42.5 Å². The summed E-state index contributed by atoms with van der Waals surface area (Å²) in [5.74, 6) is -0.349. The fourth-order valence-electron chi connectivity index (χ4n) is 2.61. The summed E-state index contributed by atoms with van der Waals surface area (Å²) in [5.41, 5.74) is 2.01. The number of carbonyl (C=O) groups is 2. The SMILES string of the molecule is C[C@H](c1ccc(Cl)cc1)N1CC(=O)Nc2ccc(I)cc2C1=O. The molecule has 0 bridgehead atoms. The molecule has 6 heteroatoms. The summed E-state index contributed by atoms with van der Waals surface area (Å²) in [5, 5.41) is 3.44. The molecule has 3 rings (SSSR count). The van der Waals surface area contributed by atoms with Crippen LogP contribution < -0.4 is 5.32 Å². The number of rotatable bonds is 2. The van der Waals surface area contributed by atoms with Gasteiger partial charge >= 0.3 is 0 Å². The highest BCUT2D eigenvalue weighted by Gasteiger charge is 2.30. The number of hydrogen-bond acceptors (Lipinski definition) is 2. The van der Waals surface area contributed by atoms with Crippen LogP contribution in [0.1, 0.15) is 28.9 Å². The number of halogens is 2. The van der Waals surface area contributed by atoms with E-state index in [1.807, 2.05) is 25.1 Å². The lowest BCUT2D eigenvalue weighted by Crippen LogP contribution is -2.37. The van der Waals surface area contributed by atoms with Gasteiger partial charge in [-0.3, -0.25) is 9.59 Å². The van der Waals surface area contributed by atoms with Crippen LogP contribution in [0.4, 0.5) is 5.69 Å². The third-order valence-corrected chi connectivity index (χ3v) is 4.80. The monoisotopic (exact) mass is 440 g/mol. The molecule has 1 aliphatic heterocycles. The van der Waals surface area contributed by atoms with Crippen LogP contribution in [-0.2, 0) is 4.79 Å². The van der Waals surface area contributed by atoms with E-state index in [-0.39, 0.29) is 24.4 Å². The third kappa shape index (κ3) is 3.35. The second-order valence-corrected chi connectivity index (χ2v) is 7.08. The molecule has 0 saturated carbocycles. The van der Waals surface area contributed by atoms with Gasteiger partial charge < -0.3 is 10.2 Å². The minimum atomic E-state index is -0.227. The largest absolute Gasteiger partial charge is 0.324 e. The second kappa shape index (κ2) is 6.49. The van der Waals surface area contributed by atoms with Gasteiger partial charge in [0.15, 0.2) is 0 Å². The van der Waals surface area contributed by atoms with E-state index in [0.717, 1.165) is 9.13 Å². The first kappa shape index (κ1) is 16.3. The quantitative estimate of drug-likeness (QED) is 0.715. The number of nitrogens with zero attached hydrogens (tertiary/aromatic N) is 1. The molecule has 0 spiro atoms. The Hall–Kier alpha value is -1.60. The van der Waals surface area contributed by atoms with Gasteiger partial charge in [0.25, 0.3) is 5.91 Å². The topological polar surface area (TPSA) is 49.4 Å². The Labute approximate surface area is 153 Å². The maximum atomic E-state index is 12.9. The van der Waals surface area contributed by atoms with Crippen LogP contribution >= 0.6 is 34.2 Å². The molecule has 0 aromatic heterocycles. The molecule has 23 heavy (non-hydrogen) atoms. The van der Waals surface area contributed by atoms with Crippen molar-refractivity contribution in [2.45, 2.75) is 13.0 Å². The minimum Gasteiger partial charge on any atom is -0.324 e. The molecule has 2 aromatic carbocycles. The smallest absolute Gasteiger partial charge is 0.256 e. The molecule has 1 N–H and O–H groups in total. The zero-order chi connectivity index (χ0) is 16.6. The first-order valence-electron chi connectivity index (χ1n) is 7.11. The fourth-order valence-corrected chi connectivity index (χ4v) is 3.22. The lowest BCUT2D eigenvalue weighted by atomic mass is 10.1. The van der Waals surface area contributed by atoms with Crippen molar-refractivity contribution in [3.63, 3.8) is 0 Å². The number of anilines is 1. The van der Waals surface area contributed by atoms with Gasteiger partial charge in [0.1, 0.15) is 6.54 Å². The van der Waals surface area contributed by atoms with Gasteiger partial charge in [-0.25, -0.2) is 0 Å². The van der Waals surface area contributed by atoms with E-state index in [4.69, 9.17) is 11.6 Å². The Balaban J connectivity index is 2.00. The highest BCUT2D eigenvalue weighted by atomic mass is 127. The predicted octanol–water partition coefficient (Wildman–Crippen LogP) is 4.10. The van der Waals surface area contributed by atoms with Crippen molar-refractivity contribution in [2.24, 2.45) is 0 Å². The van der Waals surface area contributed by atoms with E-state index < -0.39 is 0 Å². The van der Waals surface area contributed by atoms with E-state index in [1.165, 1.54) is 0 Å². The van der Waals surface area contributed by atoms with Gasteiger partial charge in [-0.05, 0) is 65.4 Å². The molecule has 0 unspecified atom stereocenters. The highest BCUT2D eigenvalue weighted by molar-refractivity contribution is 14.1. The minimum absolute atomic E-state index is 0.0217. The highest BCUT2D eigenvalue weighted by Crippen LogP contribution is 2.29. The van der Waals surface area contributed by atoms with Crippen LogP contribution in [0, 0.1) is 3.57 Å². The maximum Gasteiger partial charge on any atom is 0.256 e. The van der Waals surface area contributed by atoms with Crippen LogP contribution in [0.3, 0.4) is 0 Å².